The third-order valence-corrected chi connectivity index (χ3v) is 4.53. The number of rotatable bonds is 7. The standard InChI is InChI=1S/C16H21N3OS/c1-19(14-5-7-15(20-2)8-6-14)10-13-11-21-16(18-13)9-17-12-3-4-12/h5-8,11-12,17H,3-4,9-10H2,1-2H3. The fraction of sp³-hybridized carbons (Fsp3) is 0.438. The van der Waals surface area contributed by atoms with Crippen molar-refractivity contribution in [3.8, 4) is 5.75 Å². The topological polar surface area (TPSA) is 37.4 Å². The van der Waals surface area contributed by atoms with Crippen LogP contribution in [0, 0.1) is 0 Å². The first-order valence-corrected chi connectivity index (χ1v) is 8.14. The predicted molar refractivity (Wildman–Crippen MR) is 87.1 cm³/mol. The van der Waals surface area contributed by atoms with Crippen molar-refractivity contribution in [2.45, 2.75) is 32.0 Å². The Morgan fingerprint density at radius 2 is 2.10 bits per heavy atom. The van der Waals surface area contributed by atoms with Crippen molar-refractivity contribution >= 4 is 17.0 Å². The summed E-state index contributed by atoms with van der Waals surface area (Å²) in [6, 6.07) is 8.84. The number of ether oxygens (including phenoxy) is 1. The molecule has 1 aromatic carbocycles. The van der Waals surface area contributed by atoms with E-state index >= 15 is 0 Å². The van der Waals surface area contributed by atoms with Crippen molar-refractivity contribution in [1.29, 1.82) is 0 Å². The van der Waals surface area contributed by atoms with Crippen LogP contribution in [0.3, 0.4) is 0 Å². The molecule has 0 amide bonds. The second kappa shape index (κ2) is 6.45. The smallest absolute Gasteiger partial charge is 0.119 e. The van der Waals surface area contributed by atoms with Crippen LogP contribution in [0.15, 0.2) is 29.6 Å². The quantitative estimate of drug-likeness (QED) is 0.853. The van der Waals surface area contributed by atoms with Crippen LogP contribution < -0.4 is 15.0 Å². The van der Waals surface area contributed by atoms with Gasteiger partial charge in [0, 0.05) is 30.7 Å². The summed E-state index contributed by atoms with van der Waals surface area (Å²) in [5.41, 5.74) is 2.30. The molecule has 0 saturated heterocycles. The van der Waals surface area contributed by atoms with Gasteiger partial charge < -0.3 is 15.0 Å². The number of hydrogen-bond donors (Lipinski definition) is 1. The minimum Gasteiger partial charge on any atom is -0.497 e. The Kier molecular flexibility index (Phi) is 4.41. The summed E-state index contributed by atoms with van der Waals surface area (Å²) in [6.07, 6.45) is 2.64. The number of aromatic nitrogens is 1. The molecule has 1 saturated carbocycles. The van der Waals surface area contributed by atoms with Gasteiger partial charge in [0.15, 0.2) is 0 Å². The first-order chi connectivity index (χ1) is 10.2. The summed E-state index contributed by atoms with van der Waals surface area (Å²) in [5.74, 6) is 0.884. The van der Waals surface area contributed by atoms with Crippen molar-refractivity contribution < 1.29 is 4.74 Å². The second-order valence-corrected chi connectivity index (χ2v) is 6.38. The van der Waals surface area contributed by atoms with Gasteiger partial charge >= 0.3 is 0 Å². The van der Waals surface area contributed by atoms with Crippen LogP contribution in [0.5, 0.6) is 5.75 Å². The molecule has 0 unspecified atom stereocenters. The van der Waals surface area contributed by atoms with E-state index in [0.29, 0.717) is 0 Å². The number of anilines is 1. The molecule has 0 spiro atoms. The minimum atomic E-state index is 0.735. The van der Waals surface area contributed by atoms with Crippen LogP contribution in [0.1, 0.15) is 23.5 Å². The lowest BCUT2D eigenvalue weighted by Crippen LogP contribution is -2.17. The fourth-order valence-corrected chi connectivity index (χ4v) is 2.93. The Morgan fingerprint density at radius 1 is 1.33 bits per heavy atom. The average molecular weight is 303 g/mol. The van der Waals surface area contributed by atoms with Crippen molar-refractivity contribution in [2.24, 2.45) is 0 Å². The average Bonchev–Trinajstić information content (AvgIpc) is 3.25. The van der Waals surface area contributed by atoms with E-state index in [1.165, 1.54) is 23.5 Å². The van der Waals surface area contributed by atoms with Crippen molar-refractivity contribution in [2.75, 3.05) is 19.1 Å². The molecule has 1 aromatic heterocycles. The van der Waals surface area contributed by atoms with Gasteiger partial charge in [-0.1, -0.05) is 0 Å². The van der Waals surface area contributed by atoms with Crippen LogP contribution in [0.2, 0.25) is 0 Å². The number of nitrogens with zero attached hydrogens (tertiary/aromatic N) is 2. The summed E-state index contributed by atoms with van der Waals surface area (Å²) in [7, 11) is 3.77. The Labute approximate surface area is 129 Å². The molecule has 1 heterocycles. The molecule has 1 aliphatic carbocycles. The zero-order valence-electron chi connectivity index (χ0n) is 12.5. The Balaban J connectivity index is 1.56. The maximum Gasteiger partial charge on any atom is 0.119 e. The van der Waals surface area contributed by atoms with Gasteiger partial charge in [0.25, 0.3) is 0 Å². The monoisotopic (exact) mass is 303 g/mol. The van der Waals surface area contributed by atoms with Crippen LogP contribution in [0.4, 0.5) is 5.69 Å². The number of thiazole rings is 1. The number of hydrogen-bond acceptors (Lipinski definition) is 5. The third-order valence-electron chi connectivity index (χ3n) is 3.63. The molecular weight excluding hydrogens is 282 g/mol. The largest absolute Gasteiger partial charge is 0.497 e. The lowest BCUT2D eigenvalue weighted by atomic mass is 10.2. The van der Waals surface area contributed by atoms with Gasteiger partial charge in [-0.3, -0.25) is 0 Å². The zero-order valence-corrected chi connectivity index (χ0v) is 13.3. The molecular formula is C16H21N3OS. The first-order valence-electron chi connectivity index (χ1n) is 7.26. The maximum absolute atomic E-state index is 5.19. The predicted octanol–water partition coefficient (Wildman–Crippen LogP) is 3.04. The van der Waals surface area contributed by atoms with E-state index in [4.69, 9.17) is 9.72 Å². The molecule has 1 N–H and O–H groups in total. The SMILES string of the molecule is COc1ccc(N(C)Cc2csc(CNC3CC3)n2)cc1. The summed E-state index contributed by atoms with van der Waals surface area (Å²) >= 11 is 1.74. The molecule has 0 atom stereocenters. The lowest BCUT2D eigenvalue weighted by molar-refractivity contribution is 0.415. The highest BCUT2D eigenvalue weighted by Crippen LogP contribution is 2.22. The highest BCUT2D eigenvalue weighted by atomic mass is 32.1. The highest BCUT2D eigenvalue weighted by molar-refractivity contribution is 7.09. The summed E-state index contributed by atoms with van der Waals surface area (Å²) in [4.78, 5) is 6.90. The molecule has 21 heavy (non-hydrogen) atoms. The van der Waals surface area contributed by atoms with Crippen molar-refractivity contribution in [3.63, 3.8) is 0 Å². The third kappa shape index (κ3) is 3.95. The van der Waals surface area contributed by atoms with Crippen molar-refractivity contribution in [1.82, 2.24) is 10.3 Å². The van der Waals surface area contributed by atoms with E-state index in [1.807, 2.05) is 12.1 Å². The Morgan fingerprint density at radius 3 is 2.76 bits per heavy atom. The van der Waals surface area contributed by atoms with Gasteiger partial charge in [-0.15, -0.1) is 11.3 Å². The molecule has 1 fully saturated rings. The van der Waals surface area contributed by atoms with E-state index in [-0.39, 0.29) is 0 Å². The van der Waals surface area contributed by atoms with E-state index in [2.05, 4.69) is 34.8 Å². The molecule has 1 aliphatic rings. The van der Waals surface area contributed by atoms with Crippen LogP contribution in [-0.4, -0.2) is 25.2 Å². The molecule has 0 bridgehead atoms. The molecule has 112 valence electrons. The van der Waals surface area contributed by atoms with E-state index in [9.17, 15) is 0 Å². The lowest BCUT2D eigenvalue weighted by Gasteiger charge is -2.18. The van der Waals surface area contributed by atoms with Gasteiger partial charge in [0.05, 0.1) is 19.3 Å². The second-order valence-electron chi connectivity index (χ2n) is 5.44. The molecule has 2 aromatic rings. The van der Waals surface area contributed by atoms with Crippen LogP contribution >= 0.6 is 11.3 Å². The first kappa shape index (κ1) is 14.4. The number of methoxy groups -OCH3 is 1. The van der Waals surface area contributed by atoms with Gasteiger partial charge in [-0.05, 0) is 37.1 Å². The molecule has 4 nitrogen and oxygen atoms in total. The minimum absolute atomic E-state index is 0.735. The van der Waals surface area contributed by atoms with E-state index in [1.54, 1.807) is 18.4 Å². The summed E-state index contributed by atoms with van der Waals surface area (Å²) in [5, 5.41) is 6.84. The summed E-state index contributed by atoms with van der Waals surface area (Å²) < 4.78 is 5.19. The van der Waals surface area contributed by atoms with Crippen LogP contribution in [0.25, 0.3) is 0 Å². The van der Waals surface area contributed by atoms with Crippen molar-refractivity contribution in [3.05, 3.63) is 40.3 Å². The molecule has 3 rings (SSSR count). The maximum atomic E-state index is 5.19. The molecule has 0 radical (unpaired) electrons. The summed E-state index contributed by atoms with van der Waals surface area (Å²) in [6.45, 7) is 1.73. The van der Waals surface area contributed by atoms with Gasteiger partial charge in [0.2, 0.25) is 0 Å². The number of nitrogens with one attached hydrogen (secondary N) is 1. The van der Waals surface area contributed by atoms with Gasteiger partial charge in [-0.25, -0.2) is 4.98 Å². The van der Waals surface area contributed by atoms with E-state index in [0.717, 1.165) is 30.6 Å². The highest BCUT2D eigenvalue weighted by Gasteiger charge is 2.20. The van der Waals surface area contributed by atoms with Gasteiger partial charge in [0.1, 0.15) is 10.8 Å². The Bertz CT molecular complexity index is 577. The number of benzene rings is 1. The van der Waals surface area contributed by atoms with Crippen LogP contribution in [-0.2, 0) is 13.1 Å². The molecule has 0 aliphatic heterocycles. The van der Waals surface area contributed by atoms with Gasteiger partial charge in [-0.2, -0.15) is 0 Å². The normalized spacial score (nSPS) is 14.2. The Hall–Kier alpha value is -1.59. The van der Waals surface area contributed by atoms with E-state index < -0.39 is 0 Å². The molecule has 5 heteroatoms. The zero-order chi connectivity index (χ0) is 14.7. The fourth-order valence-electron chi connectivity index (χ4n) is 2.19.